The van der Waals surface area contributed by atoms with Crippen LogP contribution < -0.4 is 21.7 Å². The van der Waals surface area contributed by atoms with E-state index in [1.54, 1.807) is 0 Å². The van der Waals surface area contributed by atoms with Gasteiger partial charge in [-0.2, -0.15) is 0 Å². The highest BCUT2D eigenvalue weighted by Gasteiger charge is 2.30. The maximum atomic E-state index is 13.0. The van der Waals surface area contributed by atoms with Crippen LogP contribution in [0.1, 0.15) is 61.4 Å². The first kappa shape index (κ1) is 24.8. The Morgan fingerprint density at radius 3 is 2.57 bits per heavy atom. The highest BCUT2D eigenvalue weighted by atomic mass is 32.2. The van der Waals surface area contributed by atoms with Crippen LogP contribution in [0, 0.1) is 5.92 Å². The topological polar surface area (TPSA) is 138 Å². The number of rotatable bonds is 11. The molecule has 11 heteroatoms. The van der Waals surface area contributed by atoms with Gasteiger partial charge in [0.15, 0.2) is 16.8 Å². The lowest BCUT2D eigenvalue weighted by atomic mass is 10.2. The molecule has 35 heavy (non-hydrogen) atoms. The van der Waals surface area contributed by atoms with E-state index in [-0.39, 0.29) is 29.8 Å². The van der Waals surface area contributed by atoms with Crippen LogP contribution >= 0.6 is 11.8 Å². The van der Waals surface area contributed by atoms with Crippen LogP contribution in [0.5, 0.6) is 5.75 Å². The Hall–Kier alpha value is -3.34. The van der Waals surface area contributed by atoms with E-state index >= 15 is 0 Å². The number of nitrogens with zero attached hydrogens (tertiary/aromatic N) is 4. The van der Waals surface area contributed by atoms with Crippen LogP contribution in [0.25, 0.3) is 0 Å². The SMILES string of the molecule is CCc1ccc(OCc2nnc(SCC(=O)c3c(N)n(C4CC4)c(=O)[nH]c3=O)n2CC(C)C)cc1. The molecule has 10 nitrogen and oxygen atoms in total. The Labute approximate surface area is 206 Å². The Kier molecular flexibility index (Phi) is 7.44. The molecule has 1 saturated carbocycles. The van der Waals surface area contributed by atoms with E-state index in [4.69, 9.17) is 10.5 Å². The number of H-pyrrole nitrogens is 1. The zero-order valence-electron chi connectivity index (χ0n) is 20.1. The molecular weight excluding hydrogens is 468 g/mol. The van der Waals surface area contributed by atoms with Crippen molar-refractivity contribution in [3.05, 3.63) is 62.1 Å². The van der Waals surface area contributed by atoms with Crippen molar-refractivity contribution in [1.29, 1.82) is 0 Å². The molecule has 0 aliphatic heterocycles. The standard InChI is InChI=1S/C24H30N6O4S/c1-4-15-5-9-17(10-6-15)34-12-19-27-28-24(29(19)11-14(2)3)35-13-18(31)20-21(25)30(16-7-8-16)23(33)26-22(20)32/h5-6,9-10,14,16H,4,7-8,11-13,25H2,1-3H3,(H,26,32,33). The minimum Gasteiger partial charge on any atom is -0.486 e. The average Bonchev–Trinajstić information content (AvgIpc) is 3.57. The van der Waals surface area contributed by atoms with Crippen molar-refractivity contribution in [2.24, 2.45) is 5.92 Å². The van der Waals surface area contributed by atoms with Crippen molar-refractivity contribution in [3.63, 3.8) is 0 Å². The van der Waals surface area contributed by atoms with Gasteiger partial charge in [-0.1, -0.05) is 44.7 Å². The third-order valence-electron chi connectivity index (χ3n) is 5.75. The number of ether oxygens (including phenoxy) is 1. The molecule has 1 aliphatic carbocycles. The first-order valence-electron chi connectivity index (χ1n) is 11.7. The quantitative estimate of drug-likeness (QED) is 0.304. The molecular formula is C24H30N6O4S. The molecule has 0 bridgehead atoms. The second-order valence-electron chi connectivity index (χ2n) is 9.02. The minimum absolute atomic E-state index is 0.0616. The predicted octanol–water partition coefficient (Wildman–Crippen LogP) is 2.82. The van der Waals surface area contributed by atoms with Gasteiger partial charge in [0.2, 0.25) is 0 Å². The molecule has 2 aromatic heterocycles. The number of benzene rings is 1. The van der Waals surface area contributed by atoms with Gasteiger partial charge in [0.05, 0.1) is 5.75 Å². The summed E-state index contributed by atoms with van der Waals surface area (Å²) >= 11 is 1.18. The molecule has 2 heterocycles. The average molecular weight is 499 g/mol. The maximum absolute atomic E-state index is 13.0. The number of carbonyl (C=O) groups is 1. The smallest absolute Gasteiger partial charge is 0.330 e. The number of Topliss-reactive ketones (excluding diaryl/α,β-unsaturated/α-hetero) is 1. The minimum atomic E-state index is -0.762. The molecule has 186 valence electrons. The molecule has 0 spiro atoms. The van der Waals surface area contributed by atoms with E-state index in [2.05, 4.69) is 36.0 Å². The summed E-state index contributed by atoms with van der Waals surface area (Å²) in [4.78, 5) is 39.6. The number of aromatic amines is 1. The monoisotopic (exact) mass is 498 g/mol. The Morgan fingerprint density at radius 1 is 1.23 bits per heavy atom. The van der Waals surface area contributed by atoms with Crippen LogP contribution in [0.4, 0.5) is 5.82 Å². The molecule has 1 aromatic carbocycles. The lowest BCUT2D eigenvalue weighted by molar-refractivity contribution is 0.102. The van der Waals surface area contributed by atoms with Crippen LogP contribution in [0.2, 0.25) is 0 Å². The van der Waals surface area contributed by atoms with Crippen LogP contribution in [-0.4, -0.2) is 35.9 Å². The number of aromatic nitrogens is 5. The zero-order valence-corrected chi connectivity index (χ0v) is 20.9. The van der Waals surface area contributed by atoms with E-state index in [0.717, 1.165) is 25.0 Å². The van der Waals surface area contributed by atoms with Gasteiger partial charge in [-0.05, 0) is 42.9 Å². The largest absolute Gasteiger partial charge is 0.486 e. The van der Waals surface area contributed by atoms with Crippen molar-refractivity contribution in [2.75, 3.05) is 11.5 Å². The van der Waals surface area contributed by atoms with Gasteiger partial charge in [0.25, 0.3) is 5.56 Å². The first-order chi connectivity index (χ1) is 16.8. The van der Waals surface area contributed by atoms with Crippen LogP contribution in [0.15, 0.2) is 39.0 Å². The second-order valence-corrected chi connectivity index (χ2v) is 9.96. The molecule has 1 fully saturated rings. The highest BCUT2D eigenvalue weighted by molar-refractivity contribution is 7.99. The van der Waals surface area contributed by atoms with E-state index in [0.29, 0.717) is 23.4 Å². The summed E-state index contributed by atoms with van der Waals surface area (Å²) in [6, 6.07) is 7.86. The Bertz CT molecular complexity index is 1320. The van der Waals surface area contributed by atoms with Gasteiger partial charge < -0.3 is 15.0 Å². The van der Waals surface area contributed by atoms with Crippen LogP contribution in [0.3, 0.4) is 0 Å². The van der Waals surface area contributed by atoms with E-state index < -0.39 is 17.0 Å². The number of nitrogens with two attached hydrogens (primary N) is 1. The second kappa shape index (κ2) is 10.5. The van der Waals surface area contributed by atoms with Crippen molar-refractivity contribution in [1.82, 2.24) is 24.3 Å². The number of anilines is 1. The fourth-order valence-electron chi connectivity index (χ4n) is 3.78. The number of ketones is 1. The van der Waals surface area contributed by atoms with Crippen molar-refractivity contribution in [3.8, 4) is 5.75 Å². The summed E-state index contributed by atoms with van der Waals surface area (Å²) in [5.41, 5.74) is 5.78. The van der Waals surface area contributed by atoms with E-state index in [1.165, 1.54) is 21.9 Å². The summed E-state index contributed by atoms with van der Waals surface area (Å²) in [5, 5.41) is 9.09. The summed E-state index contributed by atoms with van der Waals surface area (Å²) in [6.45, 7) is 7.14. The van der Waals surface area contributed by atoms with Gasteiger partial charge in [-0.15, -0.1) is 10.2 Å². The number of thioether (sulfide) groups is 1. The van der Waals surface area contributed by atoms with Gasteiger partial charge in [-0.3, -0.25) is 19.1 Å². The summed E-state index contributed by atoms with van der Waals surface area (Å²) in [5.74, 6) is 1.10. The lowest BCUT2D eigenvalue weighted by Gasteiger charge is -2.13. The third kappa shape index (κ3) is 5.67. The van der Waals surface area contributed by atoms with Gasteiger partial charge in [-0.25, -0.2) is 4.79 Å². The number of hydrogen-bond acceptors (Lipinski definition) is 8. The molecule has 0 atom stereocenters. The number of nitrogen functional groups attached to an aromatic ring is 1. The van der Waals surface area contributed by atoms with Crippen LogP contribution in [-0.2, 0) is 19.6 Å². The lowest BCUT2D eigenvalue weighted by Crippen LogP contribution is -2.36. The van der Waals surface area contributed by atoms with Gasteiger partial charge >= 0.3 is 5.69 Å². The normalized spacial score (nSPS) is 13.4. The van der Waals surface area contributed by atoms with Crippen molar-refractivity contribution < 1.29 is 9.53 Å². The number of nitrogens with one attached hydrogen (secondary N) is 1. The maximum Gasteiger partial charge on any atom is 0.330 e. The summed E-state index contributed by atoms with van der Waals surface area (Å²) < 4.78 is 9.15. The Morgan fingerprint density at radius 2 is 1.94 bits per heavy atom. The Balaban J connectivity index is 1.49. The fourth-order valence-corrected chi connectivity index (χ4v) is 4.62. The molecule has 1 aliphatic rings. The van der Waals surface area contributed by atoms with Crippen molar-refractivity contribution in [2.45, 2.75) is 64.4 Å². The molecule has 3 N–H and O–H groups in total. The summed E-state index contributed by atoms with van der Waals surface area (Å²) in [7, 11) is 0. The van der Waals surface area contributed by atoms with Crippen molar-refractivity contribution >= 4 is 23.4 Å². The van der Waals surface area contributed by atoms with E-state index in [1.807, 2.05) is 28.8 Å². The predicted molar refractivity (Wildman–Crippen MR) is 134 cm³/mol. The molecule has 3 aromatic rings. The first-order valence-corrected chi connectivity index (χ1v) is 12.7. The third-order valence-corrected chi connectivity index (χ3v) is 6.71. The fraction of sp³-hybridized carbons (Fsp3) is 0.458. The highest BCUT2D eigenvalue weighted by Crippen LogP contribution is 2.35. The number of hydrogen-bond donors (Lipinski definition) is 2. The molecule has 0 amide bonds. The number of carbonyl (C=O) groups excluding carboxylic acids is 1. The molecule has 0 saturated heterocycles. The molecule has 0 radical (unpaired) electrons. The summed E-state index contributed by atoms with van der Waals surface area (Å²) in [6.07, 6.45) is 2.55. The number of aryl methyl sites for hydroxylation is 1. The molecule has 0 unspecified atom stereocenters. The van der Waals surface area contributed by atoms with E-state index in [9.17, 15) is 14.4 Å². The molecule has 4 rings (SSSR count). The van der Waals surface area contributed by atoms with Gasteiger partial charge in [0, 0.05) is 12.6 Å². The zero-order chi connectivity index (χ0) is 25.1. The van der Waals surface area contributed by atoms with Gasteiger partial charge in [0.1, 0.15) is 23.7 Å².